The molecule has 1 aromatic heterocycles. The van der Waals surface area contributed by atoms with E-state index < -0.39 is 0 Å². The summed E-state index contributed by atoms with van der Waals surface area (Å²) in [5.74, 6) is 0.936. The largest absolute Gasteiger partial charge is 0.378 e. The van der Waals surface area contributed by atoms with E-state index >= 15 is 0 Å². The number of carbonyl (C=O) groups excluding carboxylic acids is 1. The van der Waals surface area contributed by atoms with Crippen molar-refractivity contribution in [3.63, 3.8) is 0 Å². The number of hydrogen-bond donors (Lipinski definition) is 0. The summed E-state index contributed by atoms with van der Waals surface area (Å²) in [4.78, 5) is 27.4. The second kappa shape index (κ2) is 7.12. The van der Waals surface area contributed by atoms with Gasteiger partial charge in [0.25, 0.3) is 0 Å². The lowest BCUT2D eigenvalue weighted by atomic mass is 10.0. The zero-order valence-corrected chi connectivity index (χ0v) is 13.9. The van der Waals surface area contributed by atoms with Crippen LogP contribution in [0.15, 0.2) is 12.4 Å². The number of urea groups is 1. The second-order valence-electron chi connectivity index (χ2n) is 6.23. The Balaban J connectivity index is 1.54. The quantitative estimate of drug-likeness (QED) is 0.818. The summed E-state index contributed by atoms with van der Waals surface area (Å²) in [7, 11) is 1.92. The van der Waals surface area contributed by atoms with E-state index in [-0.39, 0.29) is 6.03 Å². The molecule has 2 aliphatic rings. The number of rotatable bonds is 2. The van der Waals surface area contributed by atoms with Crippen molar-refractivity contribution in [2.45, 2.75) is 25.8 Å². The van der Waals surface area contributed by atoms with Gasteiger partial charge in [-0.25, -0.2) is 9.78 Å². The van der Waals surface area contributed by atoms with Crippen LogP contribution in [-0.4, -0.2) is 78.3 Å². The Morgan fingerprint density at radius 2 is 1.91 bits per heavy atom. The molecule has 126 valence electrons. The van der Waals surface area contributed by atoms with Crippen LogP contribution in [0.25, 0.3) is 0 Å². The lowest BCUT2D eigenvalue weighted by Gasteiger charge is -2.39. The number of piperidine rings is 1. The number of amides is 2. The van der Waals surface area contributed by atoms with Crippen molar-refractivity contribution in [2.75, 3.05) is 51.3 Å². The number of ether oxygens (including phenoxy) is 1. The molecule has 7 heteroatoms. The highest BCUT2D eigenvalue weighted by Crippen LogP contribution is 2.21. The Bertz CT molecular complexity index is 539. The molecule has 23 heavy (non-hydrogen) atoms. The van der Waals surface area contributed by atoms with Crippen molar-refractivity contribution in [1.29, 1.82) is 0 Å². The third kappa shape index (κ3) is 3.72. The number of aryl methyl sites for hydroxylation is 1. The standard InChI is InChI=1S/C16H25N5O2/c1-13-11-17-12-15(18-13)20-5-3-14(4-6-20)19(2)16(22)21-7-9-23-10-8-21/h11-12,14H,3-10H2,1-2H3. The normalized spacial score (nSPS) is 19.7. The molecule has 2 saturated heterocycles. The molecule has 2 fully saturated rings. The van der Waals surface area contributed by atoms with Gasteiger partial charge < -0.3 is 19.4 Å². The molecule has 1 aromatic rings. The van der Waals surface area contributed by atoms with Crippen LogP contribution in [0, 0.1) is 6.92 Å². The molecule has 2 amide bonds. The molecule has 0 spiro atoms. The first kappa shape index (κ1) is 16.0. The van der Waals surface area contributed by atoms with Crippen LogP contribution in [0.2, 0.25) is 0 Å². The highest BCUT2D eigenvalue weighted by molar-refractivity contribution is 5.74. The number of morpholine rings is 1. The van der Waals surface area contributed by atoms with Gasteiger partial charge in [-0.2, -0.15) is 0 Å². The van der Waals surface area contributed by atoms with Gasteiger partial charge in [0.2, 0.25) is 0 Å². The average Bonchev–Trinajstić information content (AvgIpc) is 2.61. The molecule has 0 N–H and O–H groups in total. The lowest BCUT2D eigenvalue weighted by molar-refractivity contribution is 0.0409. The maximum Gasteiger partial charge on any atom is 0.320 e. The van der Waals surface area contributed by atoms with Crippen molar-refractivity contribution in [1.82, 2.24) is 19.8 Å². The average molecular weight is 319 g/mol. The molecule has 7 nitrogen and oxygen atoms in total. The third-order valence-corrected chi connectivity index (χ3v) is 4.66. The number of hydrogen-bond acceptors (Lipinski definition) is 5. The number of anilines is 1. The highest BCUT2D eigenvalue weighted by Gasteiger charge is 2.29. The van der Waals surface area contributed by atoms with Crippen molar-refractivity contribution < 1.29 is 9.53 Å². The summed E-state index contributed by atoms with van der Waals surface area (Å²) in [6.07, 6.45) is 5.51. The van der Waals surface area contributed by atoms with E-state index in [4.69, 9.17) is 4.74 Å². The van der Waals surface area contributed by atoms with Gasteiger partial charge in [-0.15, -0.1) is 0 Å². The SMILES string of the molecule is Cc1cncc(N2CCC(N(C)C(=O)N3CCOCC3)CC2)n1. The molecule has 0 aliphatic carbocycles. The molecule has 3 heterocycles. The summed E-state index contributed by atoms with van der Waals surface area (Å²) < 4.78 is 5.32. The zero-order valence-electron chi connectivity index (χ0n) is 13.9. The molecule has 0 aromatic carbocycles. The van der Waals surface area contributed by atoms with Crippen LogP contribution in [0.5, 0.6) is 0 Å². The van der Waals surface area contributed by atoms with Crippen LogP contribution in [-0.2, 0) is 4.74 Å². The zero-order chi connectivity index (χ0) is 16.2. The number of aromatic nitrogens is 2. The molecule has 0 radical (unpaired) electrons. The van der Waals surface area contributed by atoms with Crippen molar-refractivity contribution in [3.8, 4) is 0 Å². The Hall–Kier alpha value is -1.89. The van der Waals surface area contributed by atoms with E-state index in [0.717, 1.165) is 37.4 Å². The fourth-order valence-electron chi connectivity index (χ4n) is 3.22. The van der Waals surface area contributed by atoms with Gasteiger partial charge in [0.15, 0.2) is 0 Å². The predicted octanol–water partition coefficient (Wildman–Crippen LogP) is 1.14. The van der Waals surface area contributed by atoms with Crippen LogP contribution >= 0.6 is 0 Å². The van der Waals surface area contributed by atoms with Crippen LogP contribution in [0.4, 0.5) is 10.6 Å². The monoisotopic (exact) mass is 319 g/mol. The Morgan fingerprint density at radius 1 is 1.22 bits per heavy atom. The Morgan fingerprint density at radius 3 is 2.57 bits per heavy atom. The van der Waals surface area contributed by atoms with Gasteiger partial charge in [0, 0.05) is 45.5 Å². The smallest absolute Gasteiger partial charge is 0.320 e. The lowest BCUT2D eigenvalue weighted by Crippen LogP contribution is -2.52. The number of carbonyl (C=O) groups is 1. The molecular formula is C16H25N5O2. The van der Waals surface area contributed by atoms with Crippen LogP contribution in [0.1, 0.15) is 18.5 Å². The fraction of sp³-hybridized carbons (Fsp3) is 0.688. The predicted molar refractivity (Wildman–Crippen MR) is 87.6 cm³/mol. The molecular weight excluding hydrogens is 294 g/mol. The summed E-state index contributed by atoms with van der Waals surface area (Å²) in [5, 5.41) is 0. The molecule has 0 unspecified atom stereocenters. The van der Waals surface area contributed by atoms with Gasteiger partial charge >= 0.3 is 6.03 Å². The summed E-state index contributed by atoms with van der Waals surface area (Å²) in [5.41, 5.74) is 0.934. The Kier molecular flexibility index (Phi) is 4.95. The van der Waals surface area contributed by atoms with Crippen LogP contribution < -0.4 is 4.90 Å². The second-order valence-corrected chi connectivity index (χ2v) is 6.23. The van der Waals surface area contributed by atoms with E-state index in [1.54, 1.807) is 6.20 Å². The van der Waals surface area contributed by atoms with Gasteiger partial charge in [-0.05, 0) is 19.8 Å². The minimum absolute atomic E-state index is 0.127. The minimum Gasteiger partial charge on any atom is -0.378 e. The molecule has 0 atom stereocenters. The van der Waals surface area contributed by atoms with Gasteiger partial charge in [0.1, 0.15) is 5.82 Å². The van der Waals surface area contributed by atoms with Crippen molar-refractivity contribution in [2.24, 2.45) is 0 Å². The first-order valence-corrected chi connectivity index (χ1v) is 8.28. The molecule has 3 rings (SSSR count). The van der Waals surface area contributed by atoms with E-state index in [9.17, 15) is 4.79 Å². The van der Waals surface area contributed by atoms with Gasteiger partial charge in [-0.1, -0.05) is 0 Å². The maximum atomic E-state index is 12.6. The van der Waals surface area contributed by atoms with Gasteiger partial charge in [0.05, 0.1) is 25.1 Å². The van der Waals surface area contributed by atoms with Crippen LogP contribution in [0.3, 0.4) is 0 Å². The van der Waals surface area contributed by atoms with E-state index in [2.05, 4.69) is 14.9 Å². The minimum atomic E-state index is 0.127. The third-order valence-electron chi connectivity index (χ3n) is 4.66. The first-order valence-electron chi connectivity index (χ1n) is 8.28. The summed E-state index contributed by atoms with van der Waals surface area (Å²) in [6.45, 7) is 6.45. The summed E-state index contributed by atoms with van der Waals surface area (Å²) >= 11 is 0. The topological polar surface area (TPSA) is 61.8 Å². The molecule has 2 aliphatic heterocycles. The van der Waals surface area contributed by atoms with Gasteiger partial charge in [-0.3, -0.25) is 4.98 Å². The molecule has 0 bridgehead atoms. The Labute approximate surface area is 137 Å². The first-order chi connectivity index (χ1) is 11.1. The van der Waals surface area contributed by atoms with Crippen molar-refractivity contribution >= 4 is 11.8 Å². The van der Waals surface area contributed by atoms with Crippen molar-refractivity contribution in [3.05, 3.63) is 18.1 Å². The maximum absolute atomic E-state index is 12.6. The molecule has 0 saturated carbocycles. The highest BCUT2D eigenvalue weighted by atomic mass is 16.5. The van der Waals surface area contributed by atoms with E-state index in [1.807, 2.05) is 30.0 Å². The van der Waals surface area contributed by atoms with E-state index in [0.29, 0.717) is 32.3 Å². The van der Waals surface area contributed by atoms with E-state index in [1.165, 1.54) is 0 Å². The fourth-order valence-corrected chi connectivity index (χ4v) is 3.22. The summed E-state index contributed by atoms with van der Waals surface area (Å²) in [6, 6.07) is 0.418. The number of nitrogens with zero attached hydrogens (tertiary/aromatic N) is 5.